The van der Waals surface area contributed by atoms with E-state index in [1.165, 1.54) is 0 Å². The maximum Gasteiger partial charge on any atom is 0.0738 e. The van der Waals surface area contributed by atoms with Crippen molar-refractivity contribution in [3.05, 3.63) is 29.8 Å². The Morgan fingerprint density at radius 2 is 1.42 bits per heavy atom. The number of ether oxygens (including phenoxy) is 4. The van der Waals surface area contributed by atoms with Crippen molar-refractivity contribution in [2.24, 2.45) is 0 Å². The van der Waals surface area contributed by atoms with Crippen molar-refractivity contribution < 1.29 is 18.9 Å². The molecule has 0 atom stereocenters. The van der Waals surface area contributed by atoms with Crippen molar-refractivity contribution in [1.29, 1.82) is 0 Å². The van der Waals surface area contributed by atoms with Crippen molar-refractivity contribution in [3.63, 3.8) is 0 Å². The minimum Gasteiger partial charge on any atom is -0.398 e. The Balaban J connectivity index is 1.90. The molecule has 0 aliphatic rings. The van der Waals surface area contributed by atoms with Gasteiger partial charge in [-0.15, -0.1) is 0 Å². The van der Waals surface area contributed by atoms with Crippen LogP contribution in [0.3, 0.4) is 0 Å². The fourth-order valence-corrected chi connectivity index (χ4v) is 1.43. The van der Waals surface area contributed by atoms with E-state index < -0.39 is 0 Å². The van der Waals surface area contributed by atoms with Crippen molar-refractivity contribution in [2.45, 2.75) is 6.61 Å². The zero-order valence-corrected chi connectivity index (χ0v) is 11.5. The zero-order chi connectivity index (χ0) is 13.8. The average Bonchev–Trinajstić information content (AvgIpc) is 2.43. The van der Waals surface area contributed by atoms with E-state index in [4.69, 9.17) is 24.7 Å². The Morgan fingerprint density at radius 3 is 2.05 bits per heavy atom. The normalized spacial score (nSPS) is 10.8. The Labute approximate surface area is 114 Å². The van der Waals surface area contributed by atoms with Gasteiger partial charge in [0.2, 0.25) is 0 Å². The molecule has 0 aromatic heterocycles. The molecule has 0 saturated carbocycles. The maximum absolute atomic E-state index is 5.80. The molecule has 2 N–H and O–H groups in total. The highest BCUT2D eigenvalue weighted by atomic mass is 16.6. The number of hydrogen-bond acceptors (Lipinski definition) is 5. The molecule has 108 valence electrons. The van der Waals surface area contributed by atoms with Gasteiger partial charge >= 0.3 is 0 Å². The van der Waals surface area contributed by atoms with Crippen LogP contribution in [0.1, 0.15) is 5.56 Å². The number of para-hydroxylation sites is 1. The van der Waals surface area contributed by atoms with Gasteiger partial charge in [0.15, 0.2) is 0 Å². The topological polar surface area (TPSA) is 62.9 Å². The average molecular weight is 269 g/mol. The molecule has 5 nitrogen and oxygen atoms in total. The first kappa shape index (κ1) is 15.9. The summed E-state index contributed by atoms with van der Waals surface area (Å²) in [6.45, 7) is 3.98. The van der Waals surface area contributed by atoms with Crippen LogP contribution >= 0.6 is 0 Å². The van der Waals surface area contributed by atoms with Crippen molar-refractivity contribution in [3.8, 4) is 0 Å². The lowest BCUT2D eigenvalue weighted by molar-refractivity contribution is 0.000937. The third kappa shape index (κ3) is 7.79. The molecule has 0 amide bonds. The molecule has 1 aromatic rings. The molecule has 1 rings (SSSR count). The van der Waals surface area contributed by atoms with Gasteiger partial charge in [0.1, 0.15) is 0 Å². The lowest BCUT2D eigenvalue weighted by Crippen LogP contribution is -2.11. The SMILES string of the molecule is COCCOCCOCCOCc1ccccc1N. The fraction of sp³-hybridized carbons (Fsp3) is 0.571. The number of rotatable bonds is 11. The van der Waals surface area contributed by atoms with Gasteiger partial charge < -0.3 is 24.7 Å². The van der Waals surface area contributed by atoms with E-state index in [-0.39, 0.29) is 0 Å². The van der Waals surface area contributed by atoms with E-state index in [0.717, 1.165) is 11.3 Å². The second-order valence-electron chi connectivity index (χ2n) is 3.97. The molecular weight excluding hydrogens is 246 g/mol. The molecule has 5 heteroatoms. The van der Waals surface area contributed by atoms with Crippen molar-refractivity contribution >= 4 is 5.69 Å². The molecule has 0 radical (unpaired) electrons. The van der Waals surface area contributed by atoms with Gasteiger partial charge in [0.05, 0.1) is 46.2 Å². The lowest BCUT2D eigenvalue weighted by atomic mass is 10.2. The summed E-state index contributed by atoms with van der Waals surface area (Å²) in [6, 6.07) is 7.68. The van der Waals surface area contributed by atoms with Crippen LogP contribution in [0, 0.1) is 0 Å². The number of nitrogens with two attached hydrogens (primary N) is 1. The summed E-state index contributed by atoms with van der Waals surface area (Å²) in [5.74, 6) is 0. The number of hydrogen-bond donors (Lipinski definition) is 1. The first-order valence-corrected chi connectivity index (χ1v) is 6.40. The quantitative estimate of drug-likeness (QED) is 0.487. The highest BCUT2D eigenvalue weighted by Crippen LogP contribution is 2.11. The predicted octanol–water partition coefficient (Wildman–Crippen LogP) is 1.46. The van der Waals surface area contributed by atoms with Crippen molar-refractivity contribution in [2.75, 3.05) is 52.5 Å². The van der Waals surface area contributed by atoms with Crippen LogP contribution in [0.15, 0.2) is 24.3 Å². The number of nitrogen functional groups attached to an aromatic ring is 1. The third-order valence-electron chi connectivity index (χ3n) is 2.49. The van der Waals surface area contributed by atoms with E-state index in [1.807, 2.05) is 24.3 Å². The van der Waals surface area contributed by atoms with Crippen LogP contribution < -0.4 is 5.73 Å². The second kappa shape index (κ2) is 10.8. The van der Waals surface area contributed by atoms with Crippen molar-refractivity contribution in [1.82, 2.24) is 0 Å². The van der Waals surface area contributed by atoms with Gasteiger partial charge in [-0.05, 0) is 6.07 Å². The Hall–Kier alpha value is -1.14. The third-order valence-corrected chi connectivity index (χ3v) is 2.49. The van der Waals surface area contributed by atoms with E-state index in [9.17, 15) is 0 Å². The van der Waals surface area contributed by atoms with Crippen LogP contribution in [0.4, 0.5) is 5.69 Å². The number of anilines is 1. The summed E-state index contributed by atoms with van der Waals surface area (Å²) in [4.78, 5) is 0. The summed E-state index contributed by atoms with van der Waals surface area (Å²) < 4.78 is 21.0. The number of methoxy groups -OCH3 is 1. The summed E-state index contributed by atoms with van der Waals surface area (Å²) in [6.07, 6.45) is 0. The molecule has 0 aliphatic carbocycles. The molecule has 0 saturated heterocycles. The molecular formula is C14H23NO4. The minimum absolute atomic E-state index is 0.514. The molecule has 0 aliphatic heterocycles. The first-order valence-electron chi connectivity index (χ1n) is 6.40. The molecule has 19 heavy (non-hydrogen) atoms. The number of benzene rings is 1. The summed E-state index contributed by atoms with van der Waals surface area (Å²) in [7, 11) is 1.65. The van der Waals surface area contributed by atoms with E-state index in [1.54, 1.807) is 7.11 Å². The molecule has 0 heterocycles. The largest absolute Gasteiger partial charge is 0.398 e. The Bertz CT molecular complexity index is 333. The summed E-state index contributed by atoms with van der Waals surface area (Å²) in [5, 5.41) is 0. The van der Waals surface area contributed by atoms with Gasteiger partial charge in [-0.1, -0.05) is 18.2 Å². The Morgan fingerprint density at radius 1 is 0.842 bits per heavy atom. The highest BCUT2D eigenvalue weighted by Gasteiger charge is 1.97. The van der Waals surface area contributed by atoms with Crippen LogP contribution in [0.2, 0.25) is 0 Å². The summed E-state index contributed by atoms with van der Waals surface area (Å²) >= 11 is 0. The minimum atomic E-state index is 0.514. The second-order valence-corrected chi connectivity index (χ2v) is 3.97. The highest BCUT2D eigenvalue weighted by molar-refractivity contribution is 5.45. The van der Waals surface area contributed by atoms with Crippen LogP contribution in [-0.2, 0) is 25.6 Å². The van der Waals surface area contributed by atoms with E-state index in [2.05, 4.69) is 0 Å². The van der Waals surface area contributed by atoms with E-state index >= 15 is 0 Å². The molecule has 0 bridgehead atoms. The monoisotopic (exact) mass is 269 g/mol. The van der Waals surface area contributed by atoms with Crippen LogP contribution in [0.25, 0.3) is 0 Å². The Kier molecular flexibility index (Phi) is 9.01. The lowest BCUT2D eigenvalue weighted by Gasteiger charge is -2.08. The van der Waals surface area contributed by atoms with Gasteiger partial charge in [-0.3, -0.25) is 0 Å². The van der Waals surface area contributed by atoms with Gasteiger partial charge in [-0.2, -0.15) is 0 Å². The van der Waals surface area contributed by atoms with Crippen LogP contribution in [-0.4, -0.2) is 46.8 Å². The van der Waals surface area contributed by atoms with E-state index in [0.29, 0.717) is 46.2 Å². The first-order chi connectivity index (χ1) is 9.34. The fourth-order valence-electron chi connectivity index (χ4n) is 1.43. The zero-order valence-electron chi connectivity index (χ0n) is 11.5. The van der Waals surface area contributed by atoms with Gasteiger partial charge in [0.25, 0.3) is 0 Å². The predicted molar refractivity (Wildman–Crippen MR) is 74.0 cm³/mol. The maximum atomic E-state index is 5.80. The van der Waals surface area contributed by atoms with Crippen LogP contribution in [0.5, 0.6) is 0 Å². The smallest absolute Gasteiger partial charge is 0.0738 e. The van der Waals surface area contributed by atoms with Gasteiger partial charge in [0, 0.05) is 18.4 Å². The molecule has 0 unspecified atom stereocenters. The summed E-state index contributed by atoms with van der Waals surface area (Å²) in [5.41, 5.74) is 7.57. The van der Waals surface area contributed by atoms with Gasteiger partial charge in [-0.25, -0.2) is 0 Å². The standard InChI is InChI=1S/C14H23NO4/c1-16-6-7-17-8-9-18-10-11-19-12-13-4-2-3-5-14(13)15/h2-5H,6-12,15H2,1H3. The molecule has 1 aromatic carbocycles. The molecule has 0 fully saturated rings. The molecule has 0 spiro atoms.